The number of hydrogen-bond donors (Lipinski definition) is 1. The number of ether oxygens (including phenoxy) is 1. The fourth-order valence-electron chi connectivity index (χ4n) is 3.38. The van der Waals surface area contributed by atoms with Gasteiger partial charge < -0.3 is 4.74 Å². The molecule has 0 bridgehead atoms. The largest absolute Gasteiger partial charge is 0.488 e. The van der Waals surface area contributed by atoms with Crippen molar-refractivity contribution in [1.82, 2.24) is 5.32 Å². The fourth-order valence-corrected chi connectivity index (χ4v) is 4.49. The van der Waals surface area contributed by atoms with Crippen molar-refractivity contribution in [2.24, 2.45) is 0 Å². The van der Waals surface area contributed by atoms with Crippen molar-refractivity contribution in [3.63, 3.8) is 0 Å². The van der Waals surface area contributed by atoms with E-state index in [1.54, 1.807) is 55.5 Å². The van der Waals surface area contributed by atoms with Gasteiger partial charge in [0.2, 0.25) is 0 Å². The Hall–Kier alpha value is -2.94. The van der Waals surface area contributed by atoms with Gasteiger partial charge in [-0.15, -0.1) is 0 Å². The van der Waals surface area contributed by atoms with Crippen LogP contribution in [0, 0.1) is 6.92 Å². The molecule has 1 aliphatic rings. The molecule has 9 heteroatoms. The second-order valence-electron chi connectivity index (χ2n) is 7.49. The van der Waals surface area contributed by atoms with Crippen molar-refractivity contribution in [3.8, 4) is 5.75 Å². The minimum Gasteiger partial charge on any atom is -0.488 e. The van der Waals surface area contributed by atoms with Gasteiger partial charge in [0, 0.05) is 9.50 Å². The lowest BCUT2D eigenvalue weighted by atomic mass is 10.1. The molecule has 3 aromatic carbocycles. The molecule has 172 valence electrons. The number of amides is 4. The third kappa shape index (κ3) is 5.24. The molecule has 1 saturated heterocycles. The highest BCUT2D eigenvalue weighted by molar-refractivity contribution is 9.10. The number of nitrogens with one attached hydrogen (secondary N) is 1. The van der Waals surface area contributed by atoms with Crippen LogP contribution in [0.25, 0.3) is 6.08 Å². The first-order valence-corrected chi connectivity index (χ1v) is 12.0. The Labute approximate surface area is 217 Å². The number of imide groups is 2. The number of carbonyl (C=O) groups is 3. The summed E-state index contributed by atoms with van der Waals surface area (Å²) < 4.78 is 7.31. The minimum absolute atomic E-state index is 0.149. The smallest absolute Gasteiger partial charge is 0.335 e. The van der Waals surface area contributed by atoms with Crippen molar-refractivity contribution in [2.75, 3.05) is 4.90 Å². The summed E-state index contributed by atoms with van der Waals surface area (Å²) in [5.74, 6) is -0.850. The molecule has 0 spiro atoms. The molecule has 1 N–H and O–H groups in total. The van der Waals surface area contributed by atoms with E-state index in [1.807, 2.05) is 12.1 Å². The number of nitrogens with zero attached hydrogens (tertiary/aromatic N) is 1. The summed E-state index contributed by atoms with van der Waals surface area (Å²) in [6.07, 6.45) is 1.44. The molecular formula is C25H17Br2ClN2O4. The summed E-state index contributed by atoms with van der Waals surface area (Å²) in [5.41, 5.74) is 2.50. The van der Waals surface area contributed by atoms with E-state index in [9.17, 15) is 14.4 Å². The maximum absolute atomic E-state index is 13.1. The Morgan fingerprint density at radius 2 is 1.74 bits per heavy atom. The summed E-state index contributed by atoms with van der Waals surface area (Å²) in [6.45, 7) is 2.13. The molecular weight excluding hydrogens is 588 g/mol. The SMILES string of the molecule is Cc1cc(Br)ccc1N1C(=O)NC(=O)/C(=C/c2ccc(OCc3ccc(Cl)cc3)c(Br)c2)C1=O. The Balaban J connectivity index is 1.57. The molecule has 1 aliphatic heterocycles. The lowest BCUT2D eigenvalue weighted by Crippen LogP contribution is -2.54. The van der Waals surface area contributed by atoms with Gasteiger partial charge in [0.1, 0.15) is 17.9 Å². The zero-order chi connectivity index (χ0) is 24.4. The zero-order valence-electron chi connectivity index (χ0n) is 17.8. The topological polar surface area (TPSA) is 75.7 Å². The van der Waals surface area contributed by atoms with E-state index in [2.05, 4.69) is 37.2 Å². The number of anilines is 1. The monoisotopic (exact) mass is 602 g/mol. The summed E-state index contributed by atoms with van der Waals surface area (Å²) in [6, 6.07) is 16.9. The third-order valence-electron chi connectivity index (χ3n) is 5.08. The Morgan fingerprint density at radius 3 is 2.41 bits per heavy atom. The van der Waals surface area contributed by atoms with Crippen molar-refractivity contribution >= 4 is 73.1 Å². The highest BCUT2D eigenvalue weighted by Gasteiger charge is 2.37. The van der Waals surface area contributed by atoms with Crippen LogP contribution in [-0.2, 0) is 16.2 Å². The van der Waals surface area contributed by atoms with Gasteiger partial charge in [0.15, 0.2) is 0 Å². The molecule has 6 nitrogen and oxygen atoms in total. The first-order valence-electron chi connectivity index (χ1n) is 10.1. The van der Waals surface area contributed by atoms with Gasteiger partial charge in [-0.2, -0.15) is 0 Å². The molecule has 1 fully saturated rings. The van der Waals surface area contributed by atoms with Crippen LogP contribution >= 0.6 is 43.5 Å². The van der Waals surface area contributed by atoms with Crippen molar-refractivity contribution in [3.05, 3.63) is 96.9 Å². The Morgan fingerprint density at radius 1 is 1.00 bits per heavy atom. The van der Waals surface area contributed by atoms with Crippen LogP contribution < -0.4 is 15.0 Å². The van der Waals surface area contributed by atoms with E-state index in [1.165, 1.54) is 6.08 Å². The first kappa shape index (κ1) is 24.2. The average Bonchev–Trinajstić information content (AvgIpc) is 2.78. The summed E-state index contributed by atoms with van der Waals surface area (Å²) >= 11 is 12.7. The van der Waals surface area contributed by atoms with E-state index in [0.29, 0.717) is 38.7 Å². The highest BCUT2D eigenvalue weighted by Crippen LogP contribution is 2.30. The second-order valence-corrected chi connectivity index (χ2v) is 9.70. The number of halogens is 3. The third-order valence-corrected chi connectivity index (χ3v) is 6.44. The Bertz CT molecular complexity index is 1340. The highest BCUT2D eigenvalue weighted by atomic mass is 79.9. The summed E-state index contributed by atoms with van der Waals surface area (Å²) in [4.78, 5) is 39.0. The predicted molar refractivity (Wildman–Crippen MR) is 138 cm³/mol. The minimum atomic E-state index is -0.787. The second kappa shape index (κ2) is 10.1. The van der Waals surface area contributed by atoms with Gasteiger partial charge in [0.25, 0.3) is 11.8 Å². The van der Waals surface area contributed by atoms with Crippen LogP contribution in [0.15, 0.2) is 75.2 Å². The summed E-state index contributed by atoms with van der Waals surface area (Å²) in [5, 5.41) is 2.89. The van der Waals surface area contributed by atoms with E-state index >= 15 is 0 Å². The number of benzene rings is 3. The molecule has 4 amide bonds. The van der Waals surface area contributed by atoms with E-state index in [0.717, 1.165) is 14.9 Å². The molecule has 0 radical (unpaired) electrons. The van der Waals surface area contributed by atoms with Crippen molar-refractivity contribution < 1.29 is 19.1 Å². The van der Waals surface area contributed by atoms with Gasteiger partial charge in [-0.1, -0.05) is 45.7 Å². The number of urea groups is 1. The molecule has 4 rings (SSSR count). The summed E-state index contributed by atoms with van der Waals surface area (Å²) in [7, 11) is 0. The molecule has 1 heterocycles. The molecule has 3 aromatic rings. The van der Waals surface area contributed by atoms with Crippen LogP contribution in [0.3, 0.4) is 0 Å². The standard InChI is InChI=1S/C25H17Br2ClN2O4/c1-14-10-17(26)5-8-21(14)30-24(32)19(23(31)29-25(30)33)11-16-4-9-22(20(27)12-16)34-13-15-2-6-18(28)7-3-15/h2-12H,13H2,1H3,(H,29,31,33)/b19-11-. The van der Waals surface area contributed by atoms with Gasteiger partial charge in [-0.3, -0.25) is 14.9 Å². The average molecular weight is 605 g/mol. The molecule has 0 atom stereocenters. The quantitative estimate of drug-likeness (QED) is 0.270. The van der Waals surface area contributed by atoms with Crippen LogP contribution in [0.1, 0.15) is 16.7 Å². The van der Waals surface area contributed by atoms with Gasteiger partial charge >= 0.3 is 6.03 Å². The van der Waals surface area contributed by atoms with Gasteiger partial charge in [-0.25, -0.2) is 9.69 Å². The van der Waals surface area contributed by atoms with Gasteiger partial charge in [0.05, 0.1) is 10.2 Å². The Kier molecular flexibility index (Phi) is 7.21. The maximum Gasteiger partial charge on any atom is 0.335 e. The van der Waals surface area contributed by atoms with Crippen LogP contribution in [0.2, 0.25) is 5.02 Å². The number of carbonyl (C=O) groups excluding carboxylic acids is 3. The molecule has 0 unspecified atom stereocenters. The number of aryl methyl sites for hydroxylation is 1. The number of hydrogen-bond acceptors (Lipinski definition) is 4. The van der Waals surface area contributed by atoms with Crippen molar-refractivity contribution in [1.29, 1.82) is 0 Å². The van der Waals surface area contributed by atoms with Gasteiger partial charge in [-0.05, 0) is 88.1 Å². The molecule has 0 aliphatic carbocycles. The van der Waals surface area contributed by atoms with E-state index in [4.69, 9.17) is 16.3 Å². The van der Waals surface area contributed by atoms with E-state index in [-0.39, 0.29) is 5.57 Å². The normalized spacial score (nSPS) is 15.0. The zero-order valence-corrected chi connectivity index (χ0v) is 21.7. The number of barbiturate groups is 1. The molecule has 0 saturated carbocycles. The predicted octanol–water partition coefficient (Wildman–Crippen LogP) is 6.42. The fraction of sp³-hybridized carbons (Fsp3) is 0.0800. The van der Waals surface area contributed by atoms with E-state index < -0.39 is 17.8 Å². The van der Waals surface area contributed by atoms with Crippen LogP contribution in [-0.4, -0.2) is 17.8 Å². The van der Waals surface area contributed by atoms with Crippen LogP contribution in [0.5, 0.6) is 5.75 Å². The lowest BCUT2D eigenvalue weighted by molar-refractivity contribution is -0.122. The maximum atomic E-state index is 13.1. The van der Waals surface area contributed by atoms with Crippen molar-refractivity contribution in [2.45, 2.75) is 13.5 Å². The lowest BCUT2D eigenvalue weighted by Gasteiger charge is -2.27. The number of rotatable bonds is 5. The molecule has 0 aromatic heterocycles. The van der Waals surface area contributed by atoms with Crippen LogP contribution in [0.4, 0.5) is 10.5 Å². The first-order chi connectivity index (χ1) is 16.2. The molecule has 34 heavy (non-hydrogen) atoms.